The molecule has 22 heavy (non-hydrogen) atoms. The van der Waals surface area contributed by atoms with E-state index in [1.807, 2.05) is 17.5 Å². The number of benzene rings is 1. The van der Waals surface area contributed by atoms with Gasteiger partial charge in [-0.1, -0.05) is 18.2 Å². The number of hydrogen-bond donors (Lipinski definition) is 2. The summed E-state index contributed by atoms with van der Waals surface area (Å²) >= 11 is 1.55. The third-order valence-electron chi connectivity index (χ3n) is 2.83. The molecule has 0 atom stereocenters. The fraction of sp³-hybridized carbons (Fsp3) is 0. The van der Waals surface area contributed by atoms with Crippen molar-refractivity contribution in [2.45, 2.75) is 0 Å². The summed E-state index contributed by atoms with van der Waals surface area (Å²) in [5.41, 5.74) is 3.92. The summed E-state index contributed by atoms with van der Waals surface area (Å²) in [4.78, 5) is 12.9. The summed E-state index contributed by atoms with van der Waals surface area (Å²) in [6.45, 7) is 0. The van der Waals surface area contributed by atoms with E-state index in [0.29, 0.717) is 5.56 Å². The van der Waals surface area contributed by atoms with Crippen LogP contribution in [0.4, 0.5) is 4.39 Å². The molecule has 0 fully saturated rings. The van der Waals surface area contributed by atoms with Gasteiger partial charge in [0, 0.05) is 0 Å². The van der Waals surface area contributed by atoms with Crippen molar-refractivity contribution in [2.24, 2.45) is 5.10 Å². The van der Waals surface area contributed by atoms with Gasteiger partial charge in [0.15, 0.2) is 5.69 Å². The number of nitrogens with zero attached hydrogens (tertiary/aromatic N) is 2. The second-order valence-corrected chi connectivity index (χ2v) is 5.35. The predicted octanol–water partition coefficient (Wildman–Crippen LogP) is 3.04. The van der Waals surface area contributed by atoms with Gasteiger partial charge in [0.25, 0.3) is 5.91 Å². The number of aromatic nitrogens is 2. The predicted molar refractivity (Wildman–Crippen MR) is 83.4 cm³/mol. The highest BCUT2D eigenvalue weighted by atomic mass is 32.1. The zero-order valence-corrected chi connectivity index (χ0v) is 12.1. The van der Waals surface area contributed by atoms with Crippen LogP contribution in [0.2, 0.25) is 0 Å². The Bertz CT molecular complexity index is 811. The van der Waals surface area contributed by atoms with Gasteiger partial charge in [-0.3, -0.25) is 9.89 Å². The van der Waals surface area contributed by atoms with E-state index in [1.54, 1.807) is 29.5 Å². The topological polar surface area (TPSA) is 70.1 Å². The van der Waals surface area contributed by atoms with Gasteiger partial charge in [-0.15, -0.1) is 11.3 Å². The summed E-state index contributed by atoms with van der Waals surface area (Å²) in [7, 11) is 0. The first kappa shape index (κ1) is 14.2. The monoisotopic (exact) mass is 314 g/mol. The van der Waals surface area contributed by atoms with Crippen molar-refractivity contribution < 1.29 is 9.18 Å². The van der Waals surface area contributed by atoms with Crippen LogP contribution in [0.5, 0.6) is 0 Å². The van der Waals surface area contributed by atoms with Gasteiger partial charge in [0.05, 0.1) is 16.8 Å². The Balaban J connectivity index is 1.65. The Morgan fingerprint density at radius 2 is 2.23 bits per heavy atom. The second kappa shape index (κ2) is 6.31. The molecule has 2 aromatic heterocycles. The number of rotatable bonds is 4. The number of hydrazone groups is 1. The van der Waals surface area contributed by atoms with Crippen LogP contribution in [-0.2, 0) is 0 Å². The molecule has 0 radical (unpaired) electrons. The van der Waals surface area contributed by atoms with Gasteiger partial charge >= 0.3 is 0 Å². The summed E-state index contributed by atoms with van der Waals surface area (Å²) in [5, 5.41) is 12.5. The average Bonchev–Trinajstić information content (AvgIpc) is 3.18. The minimum atomic E-state index is -0.438. The van der Waals surface area contributed by atoms with Crippen molar-refractivity contribution in [3.8, 4) is 10.6 Å². The fourth-order valence-corrected chi connectivity index (χ4v) is 2.50. The Kier molecular flexibility index (Phi) is 4.06. The van der Waals surface area contributed by atoms with Crippen molar-refractivity contribution in [3.63, 3.8) is 0 Å². The molecule has 0 bridgehead atoms. The molecule has 0 saturated heterocycles. The quantitative estimate of drug-likeness (QED) is 0.574. The lowest BCUT2D eigenvalue weighted by Gasteiger charge is -1.95. The van der Waals surface area contributed by atoms with E-state index in [1.165, 1.54) is 18.3 Å². The molecule has 0 aliphatic heterocycles. The maximum atomic E-state index is 13.0. The van der Waals surface area contributed by atoms with Crippen molar-refractivity contribution in [1.29, 1.82) is 0 Å². The average molecular weight is 314 g/mol. The molecule has 0 aliphatic rings. The van der Waals surface area contributed by atoms with Crippen LogP contribution in [0.25, 0.3) is 10.6 Å². The number of halogens is 1. The van der Waals surface area contributed by atoms with Gasteiger partial charge in [-0.25, -0.2) is 9.82 Å². The van der Waals surface area contributed by atoms with E-state index in [2.05, 4.69) is 20.7 Å². The molecule has 1 aromatic carbocycles. The molecule has 5 nitrogen and oxygen atoms in total. The molecular weight excluding hydrogens is 303 g/mol. The summed E-state index contributed by atoms with van der Waals surface area (Å²) in [6.07, 6.45) is 1.37. The molecule has 1 amide bonds. The van der Waals surface area contributed by atoms with Gasteiger partial charge in [-0.2, -0.15) is 10.2 Å². The Morgan fingerprint density at radius 3 is 3.00 bits per heavy atom. The second-order valence-electron chi connectivity index (χ2n) is 4.40. The maximum absolute atomic E-state index is 13.0. The van der Waals surface area contributed by atoms with Crippen molar-refractivity contribution in [2.75, 3.05) is 0 Å². The van der Waals surface area contributed by atoms with Crippen LogP contribution >= 0.6 is 11.3 Å². The number of amides is 1. The van der Waals surface area contributed by atoms with Crippen LogP contribution in [0, 0.1) is 5.82 Å². The SMILES string of the molecule is O=C(N/N=C\c1cccc(F)c1)c1cc(-c2cccs2)[nH]n1. The Morgan fingerprint density at radius 1 is 1.32 bits per heavy atom. The number of carbonyl (C=O) groups is 1. The largest absolute Gasteiger partial charge is 0.291 e. The molecule has 3 rings (SSSR count). The van der Waals surface area contributed by atoms with E-state index in [4.69, 9.17) is 0 Å². The molecule has 0 aliphatic carbocycles. The molecule has 110 valence electrons. The maximum Gasteiger partial charge on any atom is 0.291 e. The first-order valence-electron chi connectivity index (χ1n) is 6.40. The zero-order valence-electron chi connectivity index (χ0n) is 11.3. The van der Waals surface area contributed by atoms with Crippen LogP contribution < -0.4 is 5.43 Å². The Hall–Kier alpha value is -2.80. The first-order chi connectivity index (χ1) is 10.7. The molecule has 7 heteroatoms. The van der Waals surface area contributed by atoms with Crippen molar-refractivity contribution in [3.05, 3.63) is 64.9 Å². The van der Waals surface area contributed by atoms with Crippen LogP contribution in [0.1, 0.15) is 16.1 Å². The fourth-order valence-electron chi connectivity index (χ4n) is 1.81. The highest BCUT2D eigenvalue weighted by molar-refractivity contribution is 7.13. The number of thiophene rings is 1. The highest BCUT2D eigenvalue weighted by Crippen LogP contribution is 2.22. The smallest absolute Gasteiger partial charge is 0.276 e. The third-order valence-corrected chi connectivity index (χ3v) is 3.73. The van der Waals surface area contributed by atoms with Crippen LogP contribution in [0.15, 0.2) is 52.9 Å². The van der Waals surface area contributed by atoms with Gasteiger partial charge in [-0.05, 0) is 35.2 Å². The minimum Gasteiger partial charge on any atom is -0.276 e. The van der Waals surface area contributed by atoms with Crippen molar-refractivity contribution in [1.82, 2.24) is 15.6 Å². The summed E-state index contributed by atoms with van der Waals surface area (Å²) in [6, 6.07) is 11.4. The molecule has 0 unspecified atom stereocenters. The molecule has 0 spiro atoms. The molecule has 2 heterocycles. The van der Waals surface area contributed by atoms with Crippen LogP contribution in [-0.4, -0.2) is 22.3 Å². The number of nitrogens with one attached hydrogen (secondary N) is 2. The summed E-state index contributed by atoms with van der Waals surface area (Å²) in [5.74, 6) is -0.796. The van der Waals surface area contributed by atoms with E-state index in [0.717, 1.165) is 10.6 Å². The summed E-state index contributed by atoms with van der Waals surface area (Å²) < 4.78 is 13.0. The number of aromatic amines is 1. The van der Waals surface area contributed by atoms with E-state index in [-0.39, 0.29) is 11.5 Å². The molecular formula is C15H11FN4OS. The first-order valence-corrected chi connectivity index (χ1v) is 7.28. The molecule has 0 saturated carbocycles. The molecule has 2 N–H and O–H groups in total. The van der Waals surface area contributed by atoms with E-state index >= 15 is 0 Å². The Labute approximate surface area is 129 Å². The van der Waals surface area contributed by atoms with Gasteiger partial charge < -0.3 is 0 Å². The minimum absolute atomic E-state index is 0.236. The van der Waals surface area contributed by atoms with Crippen molar-refractivity contribution >= 4 is 23.5 Å². The third kappa shape index (κ3) is 3.26. The molecule has 3 aromatic rings. The van der Waals surface area contributed by atoms with Gasteiger partial charge in [0.1, 0.15) is 5.82 Å². The zero-order chi connectivity index (χ0) is 15.4. The van der Waals surface area contributed by atoms with Gasteiger partial charge in [0.2, 0.25) is 0 Å². The lowest BCUT2D eigenvalue weighted by atomic mass is 10.2. The van der Waals surface area contributed by atoms with E-state index < -0.39 is 5.91 Å². The lowest BCUT2D eigenvalue weighted by molar-refractivity contribution is 0.0950. The van der Waals surface area contributed by atoms with Crippen LogP contribution in [0.3, 0.4) is 0 Å². The standard InChI is InChI=1S/C15H11FN4OS/c16-11-4-1-3-10(7-11)9-17-20-15(21)13-8-12(18-19-13)14-5-2-6-22-14/h1-9H,(H,18,19)(H,20,21)/b17-9-. The lowest BCUT2D eigenvalue weighted by Crippen LogP contribution is -2.18. The highest BCUT2D eigenvalue weighted by Gasteiger charge is 2.10. The number of carbonyl (C=O) groups excluding carboxylic acids is 1. The number of H-pyrrole nitrogens is 1. The normalized spacial score (nSPS) is 11.0. The van der Waals surface area contributed by atoms with E-state index in [9.17, 15) is 9.18 Å². The number of hydrogen-bond acceptors (Lipinski definition) is 4.